The Kier molecular flexibility index (Phi) is 5.84. The van der Waals surface area contributed by atoms with Crippen LogP contribution in [0.4, 0.5) is 5.95 Å². The Hall–Kier alpha value is -3.15. The van der Waals surface area contributed by atoms with Gasteiger partial charge in [0.2, 0.25) is 11.9 Å². The summed E-state index contributed by atoms with van der Waals surface area (Å²) in [6.45, 7) is 4.17. The van der Waals surface area contributed by atoms with Gasteiger partial charge >= 0.3 is 0 Å². The molecule has 0 spiro atoms. The Balaban J connectivity index is 1.82. The van der Waals surface area contributed by atoms with Crippen LogP contribution < -0.4 is 9.64 Å². The number of hydrogen-bond donors (Lipinski definition) is 0. The van der Waals surface area contributed by atoms with Gasteiger partial charge in [-0.3, -0.25) is 9.69 Å². The van der Waals surface area contributed by atoms with Crippen molar-refractivity contribution < 1.29 is 9.53 Å². The standard InChI is InChI=1S/C24H28N4O2/c1-4-5-10-23(29)27-20(18-13-11-17(2)12-14-18)15-21(28-24(27)25-16-26-28)19-8-6-7-9-22(19)30-3/h6-9,11-14,16,20-21H,4-5,10,15H2,1-3H3. The van der Waals surface area contributed by atoms with E-state index in [1.165, 1.54) is 11.9 Å². The Labute approximate surface area is 177 Å². The molecule has 2 aromatic carbocycles. The summed E-state index contributed by atoms with van der Waals surface area (Å²) in [6.07, 6.45) is 4.59. The molecule has 0 fully saturated rings. The van der Waals surface area contributed by atoms with Gasteiger partial charge in [0.05, 0.1) is 19.2 Å². The molecule has 0 saturated heterocycles. The molecule has 0 N–H and O–H groups in total. The normalized spacial score (nSPS) is 18.2. The van der Waals surface area contributed by atoms with Crippen LogP contribution in [0.3, 0.4) is 0 Å². The number of amides is 1. The first kappa shape index (κ1) is 20.1. The first-order valence-corrected chi connectivity index (χ1v) is 10.5. The van der Waals surface area contributed by atoms with Crippen LogP contribution in [0, 0.1) is 6.92 Å². The van der Waals surface area contributed by atoms with Crippen LogP contribution in [-0.2, 0) is 4.79 Å². The molecule has 0 aliphatic carbocycles. The van der Waals surface area contributed by atoms with E-state index in [-0.39, 0.29) is 18.0 Å². The van der Waals surface area contributed by atoms with Gasteiger partial charge in [-0.05, 0) is 31.4 Å². The smallest absolute Gasteiger partial charge is 0.231 e. The lowest BCUT2D eigenvalue weighted by Crippen LogP contribution is -2.42. The summed E-state index contributed by atoms with van der Waals surface area (Å²) in [7, 11) is 1.68. The van der Waals surface area contributed by atoms with Gasteiger partial charge in [-0.2, -0.15) is 10.1 Å². The maximum absolute atomic E-state index is 13.3. The van der Waals surface area contributed by atoms with Crippen LogP contribution in [0.5, 0.6) is 5.75 Å². The molecule has 3 aromatic rings. The van der Waals surface area contributed by atoms with Gasteiger partial charge in [-0.25, -0.2) is 4.68 Å². The number of rotatable bonds is 6. The Bertz CT molecular complexity index is 1010. The number of unbranched alkanes of at least 4 members (excludes halogenated alkanes) is 1. The van der Waals surface area contributed by atoms with E-state index in [0.29, 0.717) is 18.8 Å². The van der Waals surface area contributed by atoms with Gasteiger partial charge in [0.1, 0.15) is 12.1 Å². The van der Waals surface area contributed by atoms with E-state index in [1.807, 2.05) is 27.8 Å². The Morgan fingerprint density at radius 1 is 1.13 bits per heavy atom. The molecular formula is C24H28N4O2. The lowest BCUT2D eigenvalue weighted by Gasteiger charge is -2.39. The number of hydrogen-bond acceptors (Lipinski definition) is 4. The highest BCUT2D eigenvalue weighted by atomic mass is 16.5. The van der Waals surface area contributed by atoms with Crippen molar-refractivity contribution in [3.05, 3.63) is 71.5 Å². The van der Waals surface area contributed by atoms with Gasteiger partial charge < -0.3 is 4.74 Å². The van der Waals surface area contributed by atoms with Crippen LogP contribution >= 0.6 is 0 Å². The highest BCUT2D eigenvalue weighted by Gasteiger charge is 2.39. The zero-order valence-corrected chi connectivity index (χ0v) is 17.8. The second-order valence-corrected chi connectivity index (χ2v) is 7.79. The number of para-hydroxylation sites is 1. The summed E-state index contributed by atoms with van der Waals surface area (Å²) in [5.41, 5.74) is 3.35. The highest BCUT2D eigenvalue weighted by Crippen LogP contribution is 2.44. The molecule has 2 atom stereocenters. The molecule has 1 aliphatic heterocycles. The minimum Gasteiger partial charge on any atom is -0.496 e. The minimum absolute atomic E-state index is 0.0693. The molecule has 0 bridgehead atoms. The third kappa shape index (κ3) is 3.70. The molecule has 4 rings (SSSR count). The van der Waals surface area contributed by atoms with E-state index in [0.717, 1.165) is 29.7 Å². The molecule has 6 heteroatoms. The predicted octanol–water partition coefficient (Wildman–Crippen LogP) is 4.85. The first-order chi connectivity index (χ1) is 14.6. The third-order valence-electron chi connectivity index (χ3n) is 5.80. The van der Waals surface area contributed by atoms with Gasteiger partial charge in [-0.15, -0.1) is 0 Å². The topological polar surface area (TPSA) is 60.2 Å². The van der Waals surface area contributed by atoms with Crippen molar-refractivity contribution in [3.63, 3.8) is 0 Å². The lowest BCUT2D eigenvalue weighted by atomic mass is 9.91. The summed E-state index contributed by atoms with van der Waals surface area (Å²) in [5, 5.41) is 4.50. The molecule has 1 aliphatic rings. The zero-order valence-electron chi connectivity index (χ0n) is 17.8. The van der Waals surface area contributed by atoms with Crippen molar-refractivity contribution in [2.75, 3.05) is 12.0 Å². The third-order valence-corrected chi connectivity index (χ3v) is 5.80. The molecule has 2 unspecified atom stereocenters. The number of carbonyl (C=O) groups is 1. The second kappa shape index (κ2) is 8.69. The van der Waals surface area contributed by atoms with Gasteiger partial charge in [0.15, 0.2) is 0 Å². The SMILES string of the molecule is CCCCC(=O)N1c2ncnn2C(c2ccccc2OC)CC1c1ccc(C)cc1. The average Bonchev–Trinajstić information content (AvgIpc) is 3.26. The van der Waals surface area contributed by atoms with Crippen LogP contribution in [0.15, 0.2) is 54.9 Å². The van der Waals surface area contributed by atoms with E-state index in [1.54, 1.807) is 7.11 Å². The number of nitrogens with zero attached hydrogens (tertiary/aromatic N) is 4. The van der Waals surface area contributed by atoms with Gasteiger partial charge in [0, 0.05) is 12.0 Å². The molecule has 6 nitrogen and oxygen atoms in total. The van der Waals surface area contributed by atoms with Crippen molar-refractivity contribution in [2.24, 2.45) is 0 Å². The highest BCUT2D eigenvalue weighted by molar-refractivity contribution is 5.92. The van der Waals surface area contributed by atoms with Gasteiger partial charge in [0.25, 0.3) is 0 Å². The first-order valence-electron chi connectivity index (χ1n) is 10.5. The van der Waals surface area contributed by atoms with Crippen LogP contribution in [-0.4, -0.2) is 27.8 Å². The lowest BCUT2D eigenvalue weighted by molar-refractivity contribution is -0.119. The fourth-order valence-electron chi connectivity index (χ4n) is 4.20. The van der Waals surface area contributed by atoms with E-state index >= 15 is 0 Å². The summed E-state index contributed by atoms with van der Waals surface area (Å²) in [4.78, 5) is 19.6. The van der Waals surface area contributed by atoms with Crippen molar-refractivity contribution >= 4 is 11.9 Å². The Morgan fingerprint density at radius 3 is 2.63 bits per heavy atom. The number of aromatic nitrogens is 3. The Morgan fingerprint density at radius 2 is 1.90 bits per heavy atom. The quantitative estimate of drug-likeness (QED) is 0.589. The fourth-order valence-corrected chi connectivity index (χ4v) is 4.20. The van der Waals surface area contributed by atoms with Crippen molar-refractivity contribution in [3.8, 4) is 5.75 Å². The molecule has 156 valence electrons. The minimum atomic E-state index is -0.110. The van der Waals surface area contributed by atoms with Crippen molar-refractivity contribution in [1.29, 1.82) is 0 Å². The summed E-state index contributed by atoms with van der Waals surface area (Å²) >= 11 is 0. The van der Waals surface area contributed by atoms with E-state index in [9.17, 15) is 4.79 Å². The summed E-state index contributed by atoms with van der Waals surface area (Å²) in [5.74, 6) is 1.51. The molecule has 30 heavy (non-hydrogen) atoms. The zero-order chi connectivity index (χ0) is 21.1. The van der Waals surface area contributed by atoms with E-state index < -0.39 is 0 Å². The summed E-state index contributed by atoms with van der Waals surface area (Å²) in [6, 6.07) is 16.3. The number of fused-ring (bicyclic) bond motifs is 1. The van der Waals surface area contributed by atoms with Gasteiger partial charge in [-0.1, -0.05) is 61.4 Å². The maximum atomic E-state index is 13.3. The van der Waals surface area contributed by atoms with Crippen molar-refractivity contribution in [2.45, 2.75) is 51.6 Å². The van der Waals surface area contributed by atoms with E-state index in [4.69, 9.17) is 4.74 Å². The molecule has 1 aromatic heterocycles. The van der Waals surface area contributed by atoms with Crippen LogP contribution in [0.1, 0.15) is 61.4 Å². The second-order valence-electron chi connectivity index (χ2n) is 7.79. The van der Waals surface area contributed by atoms with Crippen LogP contribution in [0.2, 0.25) is 0 Å². The average molecular weight is 405 g/mol. The van der Waals surface area contributed by atoms with Crippen LogP contribution in [0.25, 0.3) is 0 Å². The summed E-state index contributed by atoms with van der Waals surface area (Å²) < 4.78 is 7.50. The molecule has 0 radical (unpaired) electrons. The number of ether oxygens (including phenoxy) is 1. The molecular weight excluding hydrogens is 376 g/mol. The fraction of sp³-hybridized carbons (Fsp3) is 0.375. The van der Waals surface area contributed by atoms with Crippen molar-refractivity contribution in [1.82, 2.24) is 14.8 Å². The largest absolute Gasteiger partial charge is 0.496 e. The predicted molar refractivity (Wildman–Crippen MR) is 117 cm³/mol. The number of benzene rings is 2. The molecule has 2 heterocycles. The number of aryl methyl sites for hydroxylation is 1. The molecule has 1 amide bonds. The monoisotopic (exact) mass is 404 g/mol. The number of methoxy groups -OCH3 is 1. The maximum Gasteiger partial charge on any atom is 0.231 e. The number of carbonyl (C=O) groups excluding carboxylic acids is 1. The van der Waals surface area contributed by atoms with E-state index in [2.05, 4.69) is 54.3 Å². The number of anilines is 1. The molecule has 0 saturated carbocycles.